The topological polar surface area (TPSA) is 114 Å². The minimum Gasteiger partial charge on any atom is -0.326 e. The predicted molar refractivity (Wildman–Crippen MR) is 106 cm³/mol. The lowest BCUT2D eigenvalue weighted by atomic mass is 10.2. The van der Waals surface area contributed by atoms with E-state index in [4.69, 9.17) is 0 Å². The van der Waals surface area contributed by atoms with Gasteiger partial charge in [-0.1, -0.05) is 0 Å². The van der Waals surface area contributed by atoms with Crippen LogP contribution in [0.5, 0.6) is 0 Å². The molecule has 0 fully saturated rings. The summed E-state index contributed by atoms with van der Waals surface area (Å²) in [6, 6.07) is 13.0. The summed E-state index contributed by atoms with van der Waals surface area (Å²) in [6.07, 6.45) is 1.39. The smallest absolute Gasteiger partial charge is 0.269 e. The fraction of sp³-hybridized carbons (Fsp3) is 0.118. The van der Waals surface area contributed by atoms with Crippen LogP contribution < -0.4 is 10.7 Å². The normalized spacial score (nSPS) is 10.5. The molecule has 0 radical (unpaired) electrons. The molecular weight excluding hydrogens is 451 g/mol. The standard InChI is InChI=1S/C17H15IN4O4/c18-13-3-5-14(6-4-13)20-16(23)9-10-17(24)21-19-11-12-1-7-15(8-2-12)22(25)26/h1-8,11H,9-10H2,(H,20,23)(H,21,24)/b19-11-. The largest absolute Gasteiger partial charge is 0.326 e. The zero-order valence-corrected chi connectivity index (χ0v) is 15.7. The fourth-order valence-corrected chi connectivity index (χ4v) is 2.26. The Morgan fingerprint density at radius 2 is 1.65 bits per heavy atom. The lowest BCUT2D eigenvalue weighted by Gasteiger charge is -2.04. The Morgan fingerprint density at radius 1 is 1.04 bits per heavy atom. The maximum Gasteiger partial charge on any atom is 0.269 e. The van der Waals surface area contributed by atoms with Gasteiger partial charge in [0.1, 0.15) is 0 Å². The van der Waals surface area contributed by atoms with Gasteiger partial charge in [-0.3, -0.25) is 19.7 Å². The van der Waals surface area contributed by atoms with Crippen molar-refractivity contribution in [3.05, 3.63) is 67.8 Å². The number of carbonyl (C=O) groups excluding carboxylic acids is 2. The van der Waals surface area contributed by atoms with Crippen molar-refractivity contribution in [1.82, 2.24) is 5.43 Å². The monoisotopic (exact) mass is 466 g/mol. The zero-order chi connectivity index (χ0) is 18.9. The van der Waals surface area contributed by atoms with Gasteiger partial charge in [-0.05, 0) is 64.6 Å². The Balaban J connectivity index is 1.73. The van der Waals surface area contributed by atoms with Gasteiger partial charge in [0.05, 0.1) is 11.1 Å². The van der Waals surface area contributed by atoms with Crippen LogP contribution in [0.1, 0.15) is 18.4 Å². The van der Waals surface area contributed by atoms with E-state index in [0.717, 1.165) is 3.57 Å². The Morgan fingerprint density at radius 3 is 2.27 bits per heavy atom. The molecule has 2 rings (SSSR count). The third-order valence-electron chi connectivity index (χ3n) is 3.21. The number of benzene rings is 2. The van der Waals surface area contributed by atoms with Crippen molar-refractivity contribution in [1.29, 1.82) is 0 Å². The lowest BCUT2D eigenvalue weighted by Crippen LogP contribution is -2.20. The van der Waals surface area contributed by atoms with Crippen molar-refractivity contribution in [2.75, 3.05) is 5.32 Å². The minimum atomic E-state index is -0.496. The molecular formula is C17H15IN4O4. The molecule has 0 saturated carbocycles. The highest BCUT2D eigenvalue weighted by atomic mass is 127. The van der Waals surface area contributed by atoms with Gasteiger partial charge in [0, 0.05) is 34.2 Å². The van der Waals surface area contributed by atoms with Gasteiger partial charge in [-0.2, -0.15) is 5.10 Å². The van der Waals surface area contributed by atoms with E-state index in [9.17, 15) is 19.7 Å². The van der Waals surface area contributed by atoms with Crippen LogP contribution in [0.4, 0.5) is 11.4 Å². The third kappa shape index (κ3) is 6.59. The maximum atomic E-state index is 11.8. The summed E-state index contributed by atoms with van der Waals surface area (Å²) in [5.41, 5.74) is 3.57. The number of halogens is 1. The van der Waals surface area contributed by atoms with Gasteiger partial charge in [-0.25, -0.2) is 5.43 Å². The van der Waals surface area contributed by atoms with Gasteiger partial charge >= 0.3 is 0 Å². The summed E-state index contributed by atoms with van der Waals surface area (Å²) < 4.78 is 1.06. The second-order valence-electron chi connectivity index (χ2n) is 5.20. The zero-order valence-electron chi connectivity index (χ0n) is 13.5. The molecule has 0 aliphatic heterocycles. The Hall–Kier alpha value is -2.82. The highest BCUT2D eigenvalue weighted by Gasteiger charge is 2.07. The first kappa shape index (κ1) is 19.5. The highest BCUT2D eigenvalue weighted by Crippen LogP contribution is 2.12. The Bertz CT molecular complexity index is 820. The summed E-state index contributed by atoms with van der Waals surface area (Å²) in [5, 5.41) is 17.0. The van der Waals surface area contributed by atoms with E-state index in [2.05, 4.69) is 38.4 Å². The third-order valence-corrected chi connectivity index (χ3v) is 3.93. The van der Waals surface area contributed by atoms with Crippen LogP contribution >= 0.6 is 22.6 Å². The number of non-ortho nitro benzene ring substituents is 1. The van der Waals surface area contributed by atoms with E-state index in [1.165, 1.54) is 30.5 Å². The number of carbonyl (C=O) groups is 2. The first-order chi connectivity index (χ1) is 12.4. The summed E-state index contributed by atoms with van der Waals surface area (Å²) in [6.45, 7) is 0. The van der Waals surface area contributed by atoms with Crippen LogP contribution in [0.15, 0.2) is 53.6 Å². The first-order valence-electron chi connectivity index (χ1n) is 7.56. The molecule has 0 aliphatic rings. The molecule has 2 aromatic carbocycles. The molecule has 9 heteroatoms. The van der Waals surface area contributed by atoms with E-state index in [0.29, 0.717) is 11.3 Å². The first-order valence-corrected chi connectivity index (χ1v) is 8.64. The number of anilines is 1. The number of hydrogen-bond donors (Lipinski definition) is 2. The van der Waals surface area contributed by atoms with E-state index in [1.54, 1.807) is 12.1 Å². The van der Waals surface area contributed by atoms with Crippen molar-refractivity contribution in [2.45, 2.75) is 12.8 Å². The fourth-order valence-electron chi connectivity index (χ4n) is 1.90. The molecule has 2 N–H and O–H groups in total. The van der Waals surface area contributed by atoms with Crippen LogP contribution in [0.2, 0.25) is 0 Å². The van der Waals surface area contributed by atoms with Gasteiger partial charge in [0.25, 0.3) is 5.69 Å². The summed E-state index contributed by atoms with van der Waals surface area (Å²) in [5.74, 6) is -0.665. The van der Waals surface area contributed by atoms with Crippen LogP contribution in [0, 0.1) is 13.7 Å². The number of hydrogen-bond acceptors (Lipinski definition) is 5. The average Bonchev–Trinajstić information content (AvgIpc) is 2.62. The molecule has 2 amide bonds. The number of hydrazone groups is 1. The van der Waals surface area contributed by atoms with E-state index >= 15 is 0 Å². The number of rotatable bonds is 7. The van der Waals surface area contributed by atoms with Gasteiger partial charge in [-0.15, -0.1) is 0 Å². The molecule has 0 bridgehead atoms. The molecule has 0 atom stereocenters. The molecule has 134 valence electrons. The average molecular weight is 466 g/mol. The molecule has 0 saturated heterocycles. The summed E-state index contributed by atoms with van der Waals surface area (Å²) in [7, 11) is 0. The number of nitrogens with zero attached hydrogens (tertiary/aromatic N) is 2. The van der Waals surface area contributed by atoms with E-state index < -0.39 is 10.8 Å². The van der Waals surface area contributed by atoms with Crippen molar-refractivity contribution >= 4 is 52.0 Å². The predicted octanol–water partition coefficient (Wildman–Crippen LogP) is 3.07. The molecule has 8 nitrogen and oxygen atoms in total. The molecule has 0 aliphatic carbocycles. The quantitative estimate of drug-likeness (QED) is 0.283. The van der Waals surface area contributed by atoms with E-state index in [1.807, 2.05) is 12.1 Å². The molecule has 0 spiro atoms. The molecule has 0 heterocycles. The van der Waals surface area contributed by atoms with Gasteiger partial charge < -0.3 is 5.32 Å². The number of amides is 2. The minimum absolute atomic E-state index is 0.00615. The molecule has 26 heavy (non-hydrogen) atoms. The molecule has 0 unspecified atom stereocenters. The second-order valence-corrected chi connectivity index (χ2v) is 6.44. The summed E-state index contributed by atoms with van der Waals surface area (Å²) >= 11 is 2.17. The maximum absolute atomic E-state index is 11.8. The molecule has 2 aromatic rings. The SMILES string of the molecule is O=C(CCC(=O)Nc1ccc(I)cc1)N/N=C\c1ccc([N+](=O)[O-])cc1. The van der Waals surface area contributed by atoms with Crippen molar-refractivity contribution in [2.24, 2.45) is 5.10 Å². The summed E-state index contributed by atoms with van der Waals surface area (Å²) in [4.78, 5) is 33.5. The second kappa shape index (κ2) is 9.61. The number of nitrogens with one attached hydrogen (secondary N) is 2. The number of nitro benzene ring substituents is 1. The van der Waals surface area contributed by atoms with E-state index in [-0.39, 0.29) is 24.4 Å². The highest BCUT2D eigenvalue weighted by molar-refractivity contribution is 14.1. The lowest BCUT2D eigenvalue weighted by molar-refractivity contribution is -0.384. The van der Waals surface area contributed by atoms with Gasteiger partial charge in [0.15, 0.2) is 0 Å². The van der Waals surface area contributed by atoms with Crippen molar-refractivity contribution in [3.63, 3.8) is 0 Å². The Labute approximate surface area is 163 Å². The number of nitro groups is 1. The Kier molecular flexibility index (Phi) is 7.21. The van der Waals surface area contributed by atoms with Crippen LogP contribution in [0.3, 0.4) is 0 Å². The van der Waals surface area contributed by atoms with Crippen molar-refractivity contribution in [3.8, 4) is 0 Å². The van der Waals surface area contributed by atoms with Crippen LogP contribution in [-0.2, 0) is 9.59 Å². The van der Waals surface area contributed by atoms with Crippen molar-refractivity contribution < 1.29 is 14.5 Å². The van der Waals surface area contributed by atoms with Crippen LogP contribution in [-0.4, -0.2) is 23.0 Å². The molecule has 0 aromatic heterocycles. The van der Waals surface area contributed by atoms with Crippen LogP contribution in [0.25, 0.3) is 0 Å². The van der Waals surface area contributed by atoms with Gasteiger partial charge in [0.2, 0.25) is 11.8 Å².